The molecule has 0 amide bonds. The summed E-state index contributed by atoms with van der Waals surface area (Å²) < 4.78 is 5.65. The molecule has 1 saturated carbocycles. The van der Waals surface area contributed by atoms with Crippen molar-refractivity contribution in [1.82, 2.24) is 5.43 Å². The smallest absolute Gasteiger partial charge is 0.119 e. The van der Waals surface area contributed by atoms with Gasteiger partial charge in [0.05, 0.1) is 12.6 Å². The number of nitrogens with zero attached hydrogens (tertiary/aromatic N) is 1. The second-order valence-electron chi connectivity index (χ2n) is 4.92. The van der Waals surface area contributed by atoms with E-state index in [1.807, 2.05) is 30.3 Å². The van der Waals surface area contributed by atoms with Crippen LogP contribution in [0.5, 0.6) is 5.75 Å². The number of hydrogen-bond donors (Lipinski definition) is 2. The maximum atomic E-state index is 5.65. The topological polar surface area (TPSA) is 59.6 Å². The predicted octanol–water partition coefficient (Wildman–Crippen LogP) is 2.65. The number of benzene rings is 1. The average molecular weight is 261 g/mol. The predicted molar refractivity (Wildman–Crippen MR) is 78.2 cm³/mol. The van der Waals surface area contributed by atoms with Gasteiger partial charge in [0.25, 0.3) is 0 Å². The van der Waals surface area contributed by atoms with Crippen LogP contribution in [-0.4, -0.2) is 18.5 Å². The molecule has 0 unspecified atom stereocenters. The van der Waals surface area contributed by atoms with Crippen LogP contribution in [-0.2, 0) is 0 Å². The van der Waals surface area contributed by atoms with Gasteiger partial charge in [0.15, 0.2) is 0 Å². The second-order valence-corrected chi connectivity index (χ2v) is 4.92. The van der Waals surface area contributed by atoms with Crippen LogP contribution in [0, 0.1) is 0 Å². The van der Waals surface area contributed by atoms with E-state index in [0.717, 1.165) is 18.0 Å². The van der Waals surface area contributed by atoms with Crippen LogP contribution in [0.1, 0.15) is 38.5 Å². The molecule has 104 valence electrons. The van der Waals surface area contributed by atoms with E-state index < -0.39 is 0 Å². The minimum absolute atomic E-state index is 0.441. The zero-order valence-corrected chi connectivity index (χ0v) is 11.3. The van der Waals surface area contributed by atoms with E-state index in [0.29, 0.717) is 12.6 Å². The molecule has 0 spiro atoms. The van der Waals surface area contributed by atoms with Crippen molar-refractivity contribution in [2.24, 2.45) is 10.8 Å². The molecule has 0 aliphatic heterocycles. The first kappa shape index (κ1) is 13.9. The summed E-state index contributed by atoms with van der Waals surface area (Å²) in [5.41, 5.74) is 2.71. The number of hydrogen-bond acceptors (Lipinski definition) is 3. The molecule has 0 heterocycles. The first-order valence-corrected chi connectivity index (χ1v) is 7.09. The Morgan fingerprint density at radius 1 is 1.21 bits per heavy atom. The number of nitrogens with one attached hydrogen (secondary N) is 1. The van der Waals surface area contributed by atoms with E-state index in [1.54, 1.807) is 0 Å². The highest BCUT2D eigenvalue weighted by Gasteiger charge is 2.12. The summed E-state index contributed by atoms with van der Waals surface area (Å²) in [6.07, 6.45) is 7.00. The van der Waals surface area contributed by atoms with Crippen molar-refractivity contribution in [3.8, 4) is 5.75 Å². The van der Waals surface area contributed by atoms with Gasteiger partial charge in [0.1, 0.15) is 11.6 Å². The Balaban J connectivity index is 1.77. The monoisotopic (exact) mass is 261 g/mol. The van der Waals surface area contributed by atoms with Crippen LogP contribution in [0.25, 0.3) is 0 Å². The SMILES string of the molecule is NNC(CCOc1ccccc1)=NC1CCCCC1. The van der Waals surface area contributed by atoms with Gasteiger partial charge in [0.2, 0.25) is 0 Å². The Morgan fingerprint density at radius 2 is 1.95 bits per heavy atom. The third-order valence-corrected chi connectivity index (χ3v) is 3.43. The maximum absolute atomic E-state index is 5.65. The first-order chi connectivity index (χ1) is 9.38. The number of amidine groups is 1. The van der Waals surface area contributed by atoms with E-state index in [-0.39, 0.29) is 0 Å². The minimum atomic E-state index is 0.441. The van der Waals surface area contributed by atoms with Gasteiger partial charge in [-0.25, -0.2) is 5.84 Å². The Kier molecular flexibility index (Phi) is 5.69. The molecule has 19 heavy (non-hydrogen) atoms. The summed E-state index contributed by atoms with van der Waals surface area (Å²) in [5.74, 6) is 7.27. The standard InChI is InChI=1S/C15H23N3O/c16-18-15(17-13-7-3-1-4-8-13)11-12-19-14-9-5-2-6-10-14/h2,5-6,9-10,13H,1,3-4,7-8,11-12,16H2,(H,17,18). The van der Waals surface area contributed by atoms with Crippen molar-refractivity contribution < 1.29 is 4.74 Å². The first-order valence-electron chi connectivity index (χ1n) is 7.09. The van der Waals surface area contributed by atoms with Gasteiger partial charge >= 0.3 is 0 Å². The van der Waals surface area contributed by atoms with Gasteiger partial charge in [-0.2, -0.15) is 0 Å². The van der Waals surface area contributed by atoms with Crippen LogP contribution in [0.3, 0.4) is 0 Å². The van der Waals surface area contributed by atoms with Crippen molar-refractivity contribution in [1.29, 1.82) is 0 Å². The minimum Gasteiger partial charge on any atom is -0.493 e. The van der Waals surface area contributed by atoms with E-state index in [4.69, 9.17) is 10.6 Å². The van der Waals surface area contributed by atoms with Gasteiger partial charge in [-0.15, -0.1) is 0 Å². The van der Waals surface area contributed by atoms with E-state index >= 15 is 0 Å². The van der Waals surface area contributed by atoms with Crippen LogP contribution < -0.4 is 16.0 Å². The highest BCUT2D eigenvalue weighted by Crippen LogP contribution is 2.20. The lowest BCUT2D eigenvalue weighted by molar-refractivity contribution is 0.327. The van der Waals surface area contributed by atoms with Gasteiger partial charge < -0.3 is 10.2 Å². The molecule has 0 radical (unpaired) electrons. The van der Waals surface area contributed by atoms with Gasteiger partial charge in [-0.3, -0.25) is 4.99 Å². The molecule has 0 atom stereocenters. The molecule has 1 aromatic carbocycles. The zero-order valence-electron chi connectivity index (χ0n) is 11.3. The molecule has 4 heteroatoms. The Bertz CT molecular complexity index is 386. The number of para-hydroxylation sites is 1. The molecule has 0 bridgehead atoms. The number of hydrazine groups is 1. The summed E-state index contributed by atoms with van der Waals surface area (Å²) in [4.78, 5) is 4.69. The molecule has 2 rings (SSSR count). The van der Waals surface area contributed by atoms with E-state index in [1.165, 1.54) is 32.1 Å². The summed E-state index contributed by atoms with van der Waals surface area (Å²) in [6, 6.07) is 10.3. The van der Waals surface area contributed by atoms with Gasteiger partial charge in [-0.1, -0.05) is 37.5 Å². The fourth-order valence-electron chi connectivity index (χ4n) is 2.39. The van der Waals surface area contributed by atoms with Gasteiger partial charge in [0, 0.05) is 6.42 Å². The molecule has 3 N–H and O–H groups in total. The molecule has 4 nitrogen and oxygen atoms in total. The summed E-state index contributed by atoms with van der Waals surface area (Å²) >= 11 is 0. The van der Waals surface area contributed by atoms with Crippen LogP contribution in [0.4, 0.5) is 0 Å². The molecular formula is C15H23N3O. The van der Waals surface area contributed by atoms with Crippen LogP contribution in [0.2, 0.25) is 0 Å². The fraction of sp³-hybridized carbons (Fsp3) is 0.533. The van der Waals surface area contributed by atoms with Crippen molar-refractivity contribution in [2.75, 3.05) is 6.61 Å². The van der Waals surface area contributed by atoms with Crippen molar-refractivity contribution in [3.05, 3.63) is 30.3 Å². The molecule has 1 aromatic rings. The maximum Gasteiger partial charge on any atom is 0.119 e. The fourth-order valence-corrected chi connectivity index (χ4v) is 2.39. The summed E-state index contributed by atoms with van der Waals surface area (Å²) in [6.45, 7) is 0.597. The lowest BCUT2D eigenvalue weighted by atomic mass is 9.96. The summed E-state index contributed by atoms with van der Waals surface area (Å²) in [7, 11) is 0. The molecule has 1 aliphatic carbocycles. The highest BCUT2D eigenvalue weighted by molar-refractivity contribution is 5.81. The second kappa shape index (κ2) is 7.79. The molecular weight excluding hydrogens is 238 g/mol. The van der Waals surface area contributed by atoms with E-state index in [9.17, 15) is 0 Å². The van der Waals surface area contributed by atoms with E-state index in [2.05, 4.69) is 10.4 Å². The number of aliphatic imine (C=N–C) groups is 1. The average Bonchev–Trinajstić information content (AvgIpc) is 2.48. The Hall–Kier alpha value is -1.55. The van der Waals surface area contributed by atoms with Crippen LogP contribution >= 0.6 is 0 Å². The Labute approximate surface area is 115 Å². The summed E-state index contributed by atoms with van der Waals surface area (Å²) in [5, 5.41) is 0. The molecule has 1 fully saturated rings. The quantitative estimate of drug-likeness (QED) is 0.371. The number of rotatable bonds is 5. The third-order valence-electron chi connectivity index (χ3n) is 3.43. The van der Waals surface area contributed by atoms with Crippen molar-refractivity contribution >= 4 is 5.84 Å². The highest BCUT2D eigenvalue weighted by atomic mass is 16.5. The van der Waals surface area contributed by atoms with Crippen molar-refractivity contribution in [2.45, 2.75) is 44.6 Å². The van der Waals surface area contributed by atoms with Crippen LogP contribution in [0.15, 0.2) is 35.3 Å². The largest absolute Gasteiger partial charge is 0.493 e. The lowest BCUT2D eigenvalue weighted by Gasteiger charge is -2.19. The third kappa shape index (κ3) is 4.91. The lowest BCUT2D eigenvalue weighted by Crippen LogP contribution is -2.33. The van der Waals surface area contributed by atoms with Gasteiger partial charge in [-0.05, 0) is 25.0 Å². The molecule has 0 aromatic heterocycles. The molecule has 0 saturated heterocycles. The number of ether oxygens (including phenoxy) is 1. The Morgan fingerprint density at radius 3 is 2.63 bits per heavy atom. The normalized spacial score (nSPS) is 17.2. The number of nitrogens with two attached hydrogens (primary N) is 1. The van der Waals surface area contributed by atoms with Crippen molar-refractivity contribution in [3.63, 3.8) is 0 Å². The molecule has 1 aliphatic rings. The zero-order chi connectivity index (χ0) is 13.3.